The molecule has 1 aromatic carbocycles. The van der Waals surface area contributed by atoms with Crippen molar-refractivity contribution in [3.05, 3.63) is 34.9 Å². The lowest BCUT2D eigenvalue weighted by Gasteiger charge is -2.38. The molecule has 2 heterocycles. The molecule has 2 saturated heterocycles. The van der Waals surface area contributed by atoms with Gasteiger partial charge < -0.3 is 4.90 Å². The van der Waals surface area contributed by atoms with Crippen molar-refractivity contribution in [2.75, 3.05) is 6.26 Å². The summed E-state index contributed by atoms with van der Waals surface area (Å²) in [7, 11) is -3.06. The molecule has 2 fully saturated rings. The second kappa shape index (κ2) is 6.86. The highest BCUT2D eigenvalue weighted by molar-refractivity contribution is 7.91. The highest BCUT2D eigenvalue weighted by Crippen LogP contribution is 2.40. The largest absolute Gasteiger partial charge is 0.333 e. The summed E-state index contributed by atoms with van der Waals surface area (Å²) in [4.78, 5) is 15.5. The van der Waals surface area contributed by atoms with Crippen LogP contribution in [0.2, 0.25) is 0 Å². The van der Waals surface area contributed by atoms with E-state index in [0.717, 1.165) is 18.4 Å². The second-order valence-electron chi connectivity index (χ2n) is 10.8. The minimum Gasteiger partial charge on any atom is -0.333 e. The van der Waals surface area contributed by atoms with Gasteiger partial charge in [0.25, 0.3) is 5.91 Å². The molecule has 3 rings (SSSR count). The van der Waals surface area contributed by atoms with E-state index in [4.69, 9.17) is 0 Å². The number of sulfone groups is 1. The van der Waals surface area contributed by atoms with Gasteiger partial charge in [-0.05, 0) is 59.8 Å². The molecular formula is C23H35NO3S. The molecule has 2 aliphatic rings. The summed E-state index contributed by atoms with van der Waals surface area (Å²) in [6.07, 6.45) is 4.30. The van der Waals surface area contributed by atoms with E-state index in [1.54, 1.807) is 0 Å². The van der Waals surface area contributed by atoms with Crippen LogP contribution in [0.4, 0.5) is 0 Å². The lowest BCUT2D eigenvalue weighted by molar-refractivity contribution is 0.0598. The maximum atomic E-state index is 13.6. The molecule has 4 nitrogen and oxygen atoms in total. The minimum atomic E-state index is -3.06. The summed E-state index contributed by atoms with van der Waals surface area (Å²) in [5, 5.41) is -0.305. The van der Waals surface area contributed by atoms with E-state index >= 15 is 0 Å². The number of fused-ring (bicyclic) bond motifs is 2. The quantitative estimate of drug-likeness (QED) is 0.730. The number of rotatable bonds is 2. The molecule has 0 saturated carbocycles. The van der Waals surface area contributed by atoms with Crippen LogP contribution in [0.15, 0.2) is 18.2 Å². The molecule has 2 aliphatic heterocycles. The molecule has 2 bridgehead atoms. The molecule has 0 aromatic heterocycles. The fourth-order valence-corrected chi connectivity index (χ4v) is 5.72. The molecule has 0 spiro atoms. The Morgan fingerprint density at radius 3 is 1.68 bits per heavy atom. The van der Waals surface area contributed by atoms with Crippen molar-refractivity contribution < 1.29 is 13.2 Å². The average Bonchev–Trinajstić information content (AvgIpc) is 2.80. The predicted octanol–water partition coefficient (Wildman–Crippen LogP) is 4.46. The Hall–Kier alpha value is -1.36. The van der Waals surface area contributed by atoms with Crippen LogP contribution in [-0.2, 0) is 20.7 Å². The van der Waals surface area contributed by atoms with E-state index in [9.17, 15) is 13.2 Å². The van der Waals surface area contributed by atoms with Crippen molar-refractivity contribution in [1.29, 1.82) is 0 Å². The second-order valence-corrected chi connectivity index (χ2v) is 13.1. The smallest absolute Gasteiger partial charge is 0.254 e. The third kappa shape index (κ3) is 4.14. The zero-order valence-electron chi connectivity index (χ0n) is 18.4. The van der Waals surface area contributed by atoms with Gasteiger partial charge in [0.1, 0.15) is 9.84 Å². The Kier molecular flexibility index (Phi) is 5.23. The van der Waals surface area contributed by atoms with E-state index in [1.807, 2.05) is 17.0 Å². The molecule has 2 unspecified atom stereocenters. The summed E-state index contributed by atoms with van der Waals surface area (Å²) in [6.45, 7) is 13.0. The number of carbonyl (C=O) groups excluding carboxylic acids is 1. The maximum absolute atomic E-state index is 13.6. The number of carbonyl (C=O) groups is 1. The molecule has 5 heteroatoms. The van der Waals surface area contributed by atoms with Gasteiger partial charge in [0.2, 0.25) is 0 Å². The topological polar surface area (TPSA) is 54.5 Å². The van der Waals surface area contributed by atoms with Gasteiger partial charge in [-0.3, -0.25) is 4.79 Å². The lowest BCUT2D eigenvalue weighted by Crippen LogP contribution is -2.49. The van der Waals surface area contributed by atoms with Crippen molar-refractivity contribution in [2.24, 2.45) is 0 Å². The SMILES string of the molecule is CC(C)(C)c1cc(C(=O)N2C3CCC2CC(S(C)(=O)=O)C3)cc(C(C)(C)C)c1. The minimum absolute atomic E-state index is 0.0431. The van der Waals surface area contributed by atoms with Gasteiger partial charge in [0, 0.05) is 23.9 Å². The summed E-state index contributed by atoms with van der Waals surface area (Å²) < 4.78 is 24.1. The van der Waals surface area contributed by atoms with Crippen LogP contribution in [0, 0.1) is 0 Å². The average molecular weight is 406 g/mol. The van der Waals surface area contributed by atoms with Crippen molar-refractivity contribution in [3.8, 4) is 0 Å². The van der Waals surface area contributed by atoms with Gasteiger partial charge in [-0.2, -0.15) is 0 Å². The Balaban J connectivity index is 1.97. The van der Waals surface area contributed by atoms with E-state index < -0.39 is 9.84 Å². The number of nitrogens with zero attached hydrogens (tertiary/aromatic N) is 1. The van der Waals surface area contributed by atoms with Gasteiger partial charge in [-0.25, -0.2) is 8.42 Å². The van der Waals surface area contributed by atoms with Crippen molar-refractivity contribution >= 4 is 15.7 Å². The van der Waals surface area contributed by atoms with Crippen LogP contribution in [0.25, 0.3) is 0 Å². The molecule has 1 aromatic rings. The summed E-state index contributed by atoms with van der Waals surface area (Å²) >= 11 is 0. The standard InChI is InChI=1S/C23H35NO3S/c1-22(2,3)16-10-15(11-17(12-16)23(4,5)6)21(25)24-18-8-9-19(24)14-20(13-18)28(7,26)27/h10-12,18-20H,8-9,13-14H2,1-7H3. The first-order valence-corrected chi connectivity index (χ1v) is 12.3. The number of piperidine rings is 1. The highest BCUT2D eigenvalue weighted by Gasteiger charge is 2.46. The van der Waals surface area contributed by atoms with Crippen molar-refractivity contribution in [1.82, 2.24) is 4.90 Å². The highest BCUT2D eigenvalue weighted by atomic mass is 32.2. The van der Waals surface area contributed by atoms with Gasteiger partial charge in [0.15, 0.2) is 0 Å². The number of benzene rings is 1. The Labute approximate surface area is 170 Å². The van der Waals surface area contributed by atoms with Crippen LogP contribution < -0.4 is 0 Å². The van der Waals surface area contributed by atoms with Crippen molar-refractivity contribution in [3.63, 3.8) is 0 Å². The van der Waals surface area contributed by atoms with E-state index in [0.29, 0.717) is 12.8 Å². The molecule has 1 amide bonds. The Morgan fingerprint density at radius 2 is 1.32 bits per heavy atom. The zero-order valence-corrected chi connectivity index (χ0v) is 19.2. The fraction of sp³-hybridized carbons (Fsp3) is 0.696. The van der Waals surface area contributed by atoms with Crippen LogP contribution >= 0.6 is 0 Å². The van der Waals surface area contributed by atoms with E-state index in [1.165, 1.54) is 17.4 Å². The molecule has 0 N–H and O–H groups in total. The third-order valence-electron chi connectivity index (χ3n) is 6.44. The van der Waals surface area contributed by atoms with Gasteiger partial charge in [-0.15, -0.1) is 0 Å². The predicted molar refractivity (Wildman–Crippen MR) is 115 cm³/mol. The lowest BCUT2D eigenvalue weighted by atomic mass is 9.79. The molecule has 0 aliphatic carbocycles. The maximum Gasteiger partial charge on any atom is 0.254 e. The van der Waals surface area contributed by atoms with Crippen LogP contribution in [-0.4, -0.2) is 42.8 Å². The first-order valence-electron chi connectivity index (χ1n) is 10.4. The van der Waals surface area contributed by atoms with E-state index in [-0.39, 0.29) is 34.1 Å². The monoisotopic (exact) mass is 405 g/mol. The molecule has 2 atom stereocenters. The molecule has 0 radical (unpaired) electrons. The summed E-state index contributed by atoms with van der Waals surface area (Å²) in [5.74, 6) is 0.0658. The first-order chi connectivity index (χ1) is 12.7. The zero-order chi connectivity index (χ0) is 21.1. The van der Waals surface area contributed by atoms with Crippen molar-refractivity contribution in [2.45, 2.75) is 95.4 Å². The third-order valence-corrected chi connectivity index (χ3v) is 8.04. The van der Waals surface area contributed by atoms with Gasteiger partial charge >= 0.3 is 0 Å². The first kappa shape index (κ1) is 21.4. The Morgan fingerprint density at radius 1 is 0.893 bits per heavy atom. The van der Waals surface area contributed by atoms with E-state index in [2.05, 4.69) is 47.6 Å². The van der Waals surface area contributed by atoms with Crippen LogP contribution in [0.5, 0.6) is 0 Å². The fourth-order valence-electron chi connectivity index (χ4n) is 4.57. The summed E-state index contributed by atoms with van der Waals surface area (Å²) in [6, 6.07) is 6.39. The van der Waals surface area contributed by atoms with Gasteiger partial charge in [-0.1, -0.05) is 47.6 Å². The molecule has 28 heavy (non-hydrogen) atoms. The number of hydrogen-bond acceptors (Lipinski definition) is 3. The molecule has 156 valence electrons. The normalized spacial score (nSPS) is 25.8. The Bertz CT molecular complexity index is 828. The molecular weight excluding hydrogens is 370 g/mol. The number of amides is 1. The van der Waals surface area contributed by atoms with Crippen LogP contribution in [0.3, 0.4) is 0 Å². The number of hydrogen-bond donors (Lipinski definition) is 0. The summed E-state index contributed by atoms with van der Waals surface area (Å²) in [5.41, 5.74) is 2.99. The van der Waals surface area contributed by atoms with Gasteiger partial charge in [0.05, 0.1) is 5.25 Å². The van der Waals surface area contributed by atoms with Crippen LogP contribution in [0.1, 0.15) is 88.7 Å².